The van der Waals surface area contributed by atoms with Crippen molar-refractivity contribution >= 4 is 21.9 Å². The number of anilines is 1. The van der Waals surface area contributed by atoms with Crippen molar-refractivity contribution in [3.05, 3.63) is 40.5 Å². The van der Waals surface area contributed by atoms with E-state index in [1.54, 1.807) is 0 Å². The Kier molecular flexibility index (Phi) is 3.68. The maximum absolute atomic E-state index is 13.4. The standard InChI is InChI=1S/C10H7BrF2N4O/c11-6-4-15-10(17-14)16-9(6)18-8-3-5(12)1-2-7(8)13/h1-4H,14H2,(H,15,16,17). The number of nitrogens with two attached hydrogens (primary N) is 1. The van der Waals surface area contributed by atoms with Crippen molar-refractivity contribution < 1.29 is 13.5 Å². The molecule has 0 aliphatic rings. The molecule has 0 aliphatic carbocycles. The molecule has 0 amide bonds. The van der Waals surface area contributed by atoms with E-state index in [1.165, 1.54) is 6.20 Å². The molecule has 3 N–H and O–H groups in total. The molecule has 0 bridgehead atoms. The zero-order valence-electron chi connectivity index (χ0n) is 8.82. The fourth-order valence-electron chi connectivity index (χ4n) is 1.15. The number of nitrogen functional groups attached to an aromatic ring is 1. The van der Waals surface area contributed by atoms with Crippen molar-refractivity contribution in [2.45, 2.75) is 0 Å². The second kappa shape index (κ2) is 5.23. The molecule has 0 aliphatic heterocycles. The number of nitrogens with one attached hydrogen (secondary N) is 1. The summed E-state index contributed by atoms with van der Waals surface area (Å²) in [5.41, 5.74) is 2.22. The molecule has 0 atom stereocenters. The molecule has 2 aromatic rings. The molecular weight excluding hydrogens is 310 g/mol. The molecule has 1 heterocycles. The van der Waals surface area contributed by atoms with Crippen LogP contribution in [0.25, 0.3) is 0 Å². The van der Waals surface area contributed by atoms with Gasteiger partial charge in [-0.15, -0.1) is 0 Å². The van der Waals surface area contributed by atoms with E-state index < -0.39 is 11.6 Å². The summed E-state index contributed by atoms with van der Waals surface area (Å²) >= 11 is 3.13. The van der Waals surface area contributed by atoms with Gasteiger partial charge in [0, 0.05) is 6.07 Å². The van der Waals surface area contributed by atoms with Gasteiger partial charge in [-0.05, 0) is 28.1 Å². The lowest BCUT2D eigenvalue weighted by molar-refractivity contribution is 0.419. The largest absolute Gasteiger partial charge is 0.434 e. The lowest BCUT2D eigenvalue weighted by Crippen LogP contribution is -2.10. The number of benzene rings is 1. The van der Waals surface area contributed by atoms with E-state index in [1.807, 2.05) is 0 Å². The lowest BCUT2D eigenvalue weighted by Gasteiger charge is -2.08. The number of nitrogens with zero attached hydrogens (tertiary/aromatic N) is 2. The van der Waals surface area contributed by atoms with Gasteiger partial charge in [-0.25, -0.2) is 19.6 Å². The molecule has 5 nitrogen and oxygen atoms in total. The predicted molar refractivity (Wildman–Crippen MR) is 64.0 cm³/mol. The van der Waals surface area contributed by atoms with Crippen LogP contribution < -0.4 is 16.0 Å². The van der Waals surface area contributed by atoms with Crippen LogP contribution in [0.5, 0.6) is 11.6 Å². The lowest BCUT2D eigenvalue weighted by atomic mass is 10.3. The highest BCUT2D eigenvalue weighted by Gasteiger charge is 2.11. The maximum atomic E-state index is 13.4. The van der Waals surface area contributed by atoms with E-state index in [2.05, 4.69) is 31.3 Å². The fraction of sp³-hybridized carbons (Fsp3) is 0. The Hall–Kier alpha value is -1.80. The zero-order valence-corrected chi connectivity index (χ0v) is 10.4. The van der Waals surface area contributed by atoms with Crippen LogP contribution in [-0.4, -0.2) is 9.97 Å². The molecule has 0 fully saturated rings. The molecular formula is C10H7BrF2N4O. The SMILES string of the molecule is NNc1ncc(Br)c(Oc2cc(F)ccc2F)n1. The van der Waals surface area contributed by atoms with Crippen molar-refractivity contribution in [1.29, 1.82) is 0 Å². The molecule has 2 rings (SSSR count). The quantitative estimate of drug-likeness (QED) is 0.672. The van der Waals surface area contributed by atoms with Gasteiger partial charge in [0.2, 0.25) is 11.8 Å². The molecule has 0 radical (unpaired) electrons. The Morgan fingerprint density at radius 3 is 2.83 bits per heavy atom. The van der Waals surface area contributed by atoms with Gasteiger partial charge < -0.3 is 4.74 Å². The minimum atomic E-state index is -0.704. The van der Waals surface area contributed by atoms with Gasteiger partial charge in [-0.3, -0.25) is 5.43 Å². The van der Waals surface area contributed by atoms with Crippen molar-refractivity contribution in [2.75, 3.05) is 5.43 Å². The normalized spacial score (nSPS) is 10.2. The number of rotatable bonds is 3. The van der Waals surface area contributed by atoms with Gasteiger partial charge in [-0.1, -0.05) is 0 Å². The van der Waals surface area contributed by atoms with Gasteiger partial charge in [0.25, 0.3) is 0 Å². The second-order valence-corrected chi connectivity index (χ2v) is 4.02. The summed E-state index contributed by atoms with van der Waals surface area (Å²) in [7, 11) is 0. The number of hydrogen-bond donors (Lipinski definition) is 2. The summed E-state index contributed by atoms with van der Waals surface area (Å²) in [4.78, 5) is 7.65. The Morgan fingerprint density at radius 2 is 2.11 bits per heavy atom. The monoisotopic (exact) mass is 316 g/mol. The Morgan fingerprint density at radius 1 is 1.33 bits per heavy atom. The first-order valence-corrected chi connectivity index (χ1v) is 5.51. The molecule has 0 saturated carbocycles. The van der Waals surface area contributed by atoms with Crippen molar-refractivity contribution in [2.24, 2.45) is 5.84 Å². The third-order valence-corrected chi connectivity index (χ3v) is 2.48. The van der Waals surface area contributed by atoms with Crippen LogP contribution in [0.2, 0.25) is 0 Å². The average molecular weight is 317 g/mol. The number of halogens is 3. The minimum absolute atomic E-state index is 0.0162. The second-order valence-electron chi connectivity index (χ2n) is 3.17. The molecule has 1 aromatic carbocycles. The number of hydrazine groups is 1. The number of hydrogen-bond acceptors (Lipinski definition) is 5. The summed E-state index contributed by atoms with van der Waals surface area (Å²) in [6.45, 7) is 0. The smallest absolute Gasteiger partial charge is 0.240 e. The highest BCUT2D eigenvalue weighted by atomic mass is 79.9. The van der Waals surface area contributed by atoms with Crippen molar-refractivity contribution in [3.63, 3.8) is 0 Å². The molecule has 0 spiro atoms. The molecule has 0 saturated heterocycles. The van der Waals surface area contributed by atoms with Crippen LogP contribution in [0.15, 0.2) is 28.9 Å². The van der Waals surface area contributed by atoms with Gasteiger partial charge in [0.1, 0.15) is 5.82 Å². The summed E-state index contributed by atoms with van der Waals surface area (Å²) in [6, 6.07) is 2.87. The third kappa shape index (κ3) is 2.71. The fourth-order valence-corrected chi connectivity index (χ4v) is 1.42. The van der Waals surface area contributed by atoms with Crippen LogP contribution >= 0.6 is 15.9 Å². The molecule has 18 heavy (non-hydrogen) atoms. The Bertz CT molecular complexity index is 582. The van der Waals surface area contributed by atoms with Gasteiger partial charge >= 0.3 is 0 Å². The van der Waals surface area contributed by atoms with Crippen LogP contribution in [0.4, 0.5) is 14.7 Å². The van der Waals surface area contributed by atoms with Crippen LogP contribution in [0, 0.1) is 11.6 Å². The van der Waals surface area contributed by atoms with Gasteiger partial charge in [0.05, 0.1) is 10.7 Å². The summed E-state index contributed by atoms with van der Waals surface area (Å²) in [6.07, 6.45) is 1.37. The van der Waals surface area contributed by atoms with E-state index >= 15 is 0 Å². The molecule has 8 heteroatoms. The summed E-state index contributed by atoms with van der Waals surface area (Å²) < 4.78 is 31.9. The minimum Gasteiger partial charge on any atom is -0.434 e. The molecule has 0 unspecified atom stereocenters. The first-order valence-electron chi connectivity index (χ1n) is 4.72. The van der Waals surface area contributed by atoms with Crippen molar-refractivity contribution in [1.82, 2.24) is 9.97 Å². The highest BCUT2D eigenvalue weighted by Crippen LogP contribution is 2.29. The molecule has 1 aromatic heterocycles. The van der Waals surface area contributed by atoms with E-state index in [4.69, 9.17) is 10.6 Å². The summed E-state index contributed by atoms with van der Waals surface area (Å²) in [5.74, 6) is 3.64. The van der Waals surface area contributed by atoms with Crippen LogP contribution in [0.3, 0.4) is 0 Å². The topological polar surface area (TPSA) is 73.1 Å². The van der Waals surface area contributed by atoms with E-state index in [-0.39, 0.29) is 17.6 Å². The number of aromatic nitrogens is 2. The maximum Gasteiger partial charge on any atom is 0.240 e. The Labute approximate surface area is 109 Å². The Balaban J connectivity index is 2.36. The van der Waals surface area contributed by atoms with Gasteiger partial charge in [-0.2, -0.15) is 4.98 Å². The van der Waals surface area contributed by atoms with E-state index in [0.717, 1.165) is 18.2 Å². The average Bonchev–Trinajstić information content (AvgIpc) is 2.36. The number of ether oxygens (including phenoxy) is 1. The predicted octanol–water partition coefficient (Wildman–Crippen LogP) is 2.60. The first kappa shape index (κ1) is 12.7. The van der Waals surface area contributed by atoms with Crippen LogP contribution in [-0.2, 0) is 0 Å². The summed E-state index contributed by atoms with van der Waals surface area (Å²) in [5, 5.41) is 0. The van der Waals surface area contributed by atoms with Crippen molar-refractivity contribution in [3.8, 4) is 11.6 Å². The highest BCUT2D eigenvalue weighted by molar-refractivity contribution is 9.10. The zero-order chi connectivity index (χ0) is 13.1. The van der Waals surface area contributed by atoms with Gasteiger partial charge in [0.15, 0.2) is 11.6 Å². The van der Waals surface area contributed by atoms with Crippen LogP contribution in [0.1, 0.15) is 0 Å². The van der Waals surface area contributed by atoms with E-state index in [9.17, 15) is 8.78 Å². The first-order chi connectivity index (χ1) is 8.60. The molecule has 94 valence electrons. The van der Waals surface area contributed by atoms with E-state index in [0.29, 0.717) is 4.47 Å². The third-order valence-electron chi connectivity index (χ3n) is 1.94.